The Bertz CT molecular complexity index is 471. The van der Waals surface area contributed by atoms with Crippen LogP contribution in [0.15, 0.2) is 0 Å². The van der Waals surface area contributed by atoms with Gasteiger partial charge in [0.1, 0.15) is 6.10 Å². The van der Waals surface area contributed by atoms with Gasteiger partial charge in [-0.25, -0.2) is 0 Å². The molecule has 0 aromatic rings. The van der Waals surface area contributed by atoms with Crippen LogP contribution >= 0.6 is 0 Å². The van der Waals surface area contributed by atoms with E-state index in [9.17, 15) is 10.1 Å². The predicted molar refractivity (Wildman–Crippen MR) is 104 cm³/mol. The van der Waals surface area contributed by atoms with E-state index in [0.717, 1.165) is 44.4 Å². The Balaban J connectivity index is 1.70. The van der Waals surface area contributed by atoms with Crippen molar-refractivity contribution >= 4 is 5.97 Å². The van der Waals surface area contributed by atoms with Crippen molar-refractivity contribution in [3.8, 4) is 6.07 Å². The Morgan fingerprint density at radius 3 is 2.26 bits per heavy atom. The smallest absolute Gasteiger partial charge is 0.331 e. The van der Waals surface area contributed by atoms with Gasteiger partial charge in [0, 0.05) is 0 Å². The lowest BCUT2D eigenvalue weighted by atomic mass is 9.83. The number of unbranched alkanes of at least 4 members (excludes halogenated alkanes) is 4. The third-order valence-corrected chi connectivity index (χ3v) is 5.94. The van der Waals surface area contributed by atoms with E-state index >= 15 is 0 Å². The summed E-state index contributed by atoms with van der Waals surface area (Å²) in [6.45, 7) is 4.43. The first-order valence-electron chi connectivity index (χ1n) is 11.0. The molecule has 2 rings (SSSR count). The molecule has 27 heavy (non-hydrogen) atoms. The summed E-state index contributed by atoms with van der Waals surface area (Å²) >= 11 is 0. The van der Waals surface area contributed by atoms with Crippen LogP contribution in [-0.4, -0.2) is 31.6 Å². The molecule has 1 aliphatic carbocycles. The topological polar surface area (TPSA) is 68.6 Å². The van der Waals surface area contributed by atoms with Crippen LogP contribution < -0.4 is 0 Å². The van der Waals surface area contributed by atoms with Crippen LogP contribution in [-0.2, 0) is 19.0 Å². The third kappa shape index (κ3) is 6.76. The highest BCUT2D eigenvalue weighted by atomic mass is 16.7. The Morgan fingerprint density at radius 1 is 1.00 bits per heavy atom. The minimum absolute atomic E-state index is 0.0626. The van der Waals surface area contributed by atoms with E-state index in [1.165, 1.54) is 38.5 Å². The highest BCUT2D eigenvalue weighted by Gasteiger charge is 2.46. The maximum absolute atomic E-state index is 12.6. The minimum Gasteiger partial charge on any atom is -0.461 e. The summed E-state index contributed by atoms with van der Waals surface area (Å²) in [5.74, 6) is 0.297. The molecule has 0 bridgehead atoms. The zero-order valence-electron chi connectivity index (χ0n) is 17.2. The predicted octanol–water partition coefficient (Wildman–Crippen LogP) is 5.13. The molecule has 0 atom stereocenters. The van der Waals surface area contributed by atoms with E-state index in [0.29, 0.717) is 0 Å². The van der Waals surface area contributed by atoms with Crippen molar-refractivity contribution in [1.82, 2.24) is 0 Å². The lowest BCUT2D eigenvalue weighted by molar-refractivity contribution is -0.228. The van der Waals surface area contributed by atoms with Crippen LogP contribution in [0.5, 0.6) is 0 Å². The first kappa shape index (κ1) is 22.2. The first-order valence-corrected chi connectivity index (χ1v) is 11.0. The average Bonchev–Trinajstić information content (AvgIpc) is 2.70. The summed E-state index contributed by atoms with van der Waals surface area (Å²) in [7, 11) is 0. The second kappa shape index (κ2) is 11.7. The van der Waals surface area contributed by atoms with Gasteiger partial charge in [0.25, 0.3) is 0 Å². The molecule has 1 saturated carbocycles. The van der Waals surface area contributed by atoms with Gasteiger partial charge in [-0.05, 0) is 38.0 Å². The largest absolute Gasteiger partial charge is 0.461 e. The van der Waals surface area contributed by atoms with E-state index in [2.05, 4.69) is 19.9 Å². The highest BCUT2D eigenvalue weighted by Crippen LogP contribution is 2.33. The molecule has 0 aromatic heterocycles. The van der Waals surface area contributed by atoms with Crippen molar-refractivity contribution in [2.45, 2.75) is 103 Å². The number of carbonyl (C=O) groups excluding carboxylic acids is 1. The van der Waals surface area contributed by atoms with Crippen LogP contribution in [0.1, 0.15) is 90.9 Å². The van der Waals surface area contributed by atoms with E-state index < -0.39 is 11.4 Å². The van der Waals surface area contributed by atoms with Crippen molar-refractivity contribution in [2.75, 3.05) is 13.2 Å². The van der Waals surface area contributed by atoms with Gasteiger partial charge in [-0.15, -0.1) is 0 Å². The fourth-order valence-corrected chi connectivity index (χ4v) is 4.03. The molecule has 0 spiro atoms. The van der Waals surface area contributed by atoms with Crippen molar-refractivity contribution < 1.29 is 19.0 Å². The Kier molecular flexibility index (Phi) is 9.58. The second-order valence-electron chi connectivity index (χ2n) is 8.29. The summed E-state index contributed by atoms with van der Waals surface area (Å²) in [6.07, 6.45) is 13.3. The molecule has 0 aromatic carbocycles. The summed E-state index contributed by atoms with van der Waals surface area (Å²) in [5, 5.41) is 9.55. The first-order chi connectivity index (χ1) is 13.1. The third-order valence-electron chi connectivity index (χ3n) is 5.94. The number of nitriles is 1. The van der Waals surface area contributed by atoms with Crippen molar-refractivity contribution in [3.63, 3.8) is 0 Å². The van der Waals surface area contributed by atoms with Crippen LogP contribution in [0.2, 0.25) is 0 Å². The van der Waals surface area contributed by atoms with Gasteiger partial charge in [0.05, 0.1) is 19.3 Å². The molecule has 1 aliphatic heterocycles. The molecule has 0 N–H and O–H groups in total. The number of hydrogen-bond acceptors (Lipinski definition) is 5. The van der Waals surface area contributed by atoms with Crippen molar-refractivity contribution in [3.05, 3.63) is 0 Å². The summed E-state index contributed by atoms with van der Waals surface area (Å²) < 4.78 is 16.9. The summed E-state index contributed by atoms with van der Waals surface area (Å²) in [6, 6.07) is 2.10. The normalized spacial score (nSPS) is 31.2. The molecule has 0 unspecified atom stereocenters. The van der Waals surface area contributed by atoms with Gasteiger partial charge in [-0.1, -0.05) is 58.8 Å². The van der Waals surface area contributed by atoms with E-state index in [-0.39, 0.29) is 25.6 Å². The fourth-order valence-electron chi connectivity index (χ4n) is 4.03. The van der Waals surface area contributed by atoms with Gasteiger partial charge >= 0.3 is 5.97 Å². The number of ether oxygens (including phenoxy) is 3. The standard InChI is InChI=1S/C22H37NO4/c1-3-5-6-7-8-10-18-11-13-19(14-12-18)27-21(24)22(15-23)16-25-20(9-4-2)26-17-22/h18-20H,3-14,16-17H2,1-2H3/t18?,19?,20-,22+. The number of rotatable bonds is 10. The number of nitrogens with zero attached hydrogens (tertiary/aromatic N) is 1. The minimum atomic E-state index is -1.31. The average molecular weight is 380 g/mol. The monoisotopic (exact) mass is 379 g/mol. The number of carbonyl (C=O) groups is 1. The SMILES string of the molecule is CCCCCCCC1CCC(OC(=O)[C@]2(C#N)CO[C@H](CCC)OC2)CC1. The zero-order chi connectivity index (χ0) is 19.5. The van der Waals surface area contributed by atoms with Crippen LogP contribution in [0.4, 0.5) is 0 Å². The van der Waals surface area contributed by atoms with E-state index in [4.69, 9.17) is 14.2 Å². The zero-order valence-corrected chi connectivity index (χ0v) is 17.2. The fraction of sp³-hybridized carbons (Fsp3) is 0.909. The van der Waals surface area contributed by atoms with Crippen LogP contribution in [0, 0.1) is 22.7 Å². The molecule has 1 saturated heterocycles. The summed E-state index contributed by atoms with van der Waals surface area (Å²) in [5.41, 5.74) is -1.31. The van der Waals surface area contributed by atoms with Crippen molar-refractivity contribution in [2.24, 2.45) is 11.3 Å². The van der Waals surface area contributed by atoms with Crippen molar-refractivity contribution in [1.29, 1.82) is 5.26 Å². The van der Waals surface area contributed by atoms with Gasteiger partial charge in [-0.3, -0.25) is 4.79 Å². The lowest BCUT2D eigenvalue weighted by Crippen LogP contribution is -2.48. The molecule has 2 aliphatic rings. The second-order valence-corrected chi connectivity index (χ2v) is 8.29. The molecule has 1 heterocycles. The van der Waals surface area contributed by atoms with Gasteiger partial charge in [0.15, 0.2) is 6.29 Å². The lowest BCUT2D eigenvalue weighted by Gasteiger charge is -2.35. The van der Waals surface area contributed by atoms with Gasteiger partial charge in [-0.2, -0.15) is 5.26 Å². The molecule has 0 radical (unpaired) electrons. The molecule has 0 amide bonds. The number of esters is 1. The Labute approximate surface area is 164 Å². The highest BCUT2D eigenvalue weighted by molar-refractivity contribution is 5.80. The van der Waals surface area contributed by atoms with Crippen LogP contribution in [0.25, 0.3) is 0 Å². The molecule has 5 heteroatoms. The van der Waals surface area contributed by atoms with Gasteiger partial charge < -0.3 is 14.2 Å². The molecular formula is C22H37NO4. The maximum Gasteiger partial charge on any atom is 0.331 e. The van der Waals surface area contributed by atoms with Gasteiger partial charge in [0.2, 0.25) is 5.41 Å². The Morgan fingerprint density at radius 2 is 1.67 bits per heavy atom. The van der Waals surface area contributed by atoms with E-state index in [1.54, 1.807) is 0 Å². The van der Waals surface area contributed by atoms with Crippen LogP contribution in [0.3, 0.4) is 0 Å². The quantitative estimate of drug-likeness (QED) is 0.389. The molecule has 2 fully saturated rings. The van der Waals surface area contributed by atoms with E-state index in [1.807, 2.05) is 0 Å². The maximum atomic E-state index is 12.6. The Hall–Kier alpha value is -1.12. The molecule has 5 nitrogen and oxygen atoms in total. The number of hydrogen-bond donors (Lipinski definition) is 0. The summed E-state index contributed by atoms with van der Waals surface area (Å²) in [4.78, 5) is 12.6. The molecule has 154 valence electrons. The molecular weight excluding hydrogens is 342 g/mol.